The molecule has 0 aromatic heterocycles. The van der Waals surface area contributed by atoms with E-state index >= 15 is 0 Å². The molecule has 98 valence electrons. The standard InChI is InChI=1S/C12H14ClIN2OS/c1-2-8(6-11(15)18)16-12(17)7-3-4-10(14)9(13)5-7/h3-5,8H,2,6H2,1H3,(H2,15,18)(H,16,17). The van der Waals surface area contributed by atoms with Gasteiger partial charge in [-0.25, -0.2) is 0 Å². The Morgan fingerprint density at radius 3 is 2.78 bits per heavy atom. The highest BCUT2D eigenvalue weighted by molar-refractivity contribution is 14.1. The van der Waals surface area contributed by atoms with Crippen molar-refractivity contribution in [3.8, 4) is 0 Å². The predicted molar refractivity (Wildman–Crippen MR) is 87.1 cm³/mol. The first-order valence-corrected chi connectivity index (χ1v) is 7.34. The van der Waals surface area contributed by atoms with E-state index in [2.05, 4.69) is 27.9 Å². The third-order valence-corrected chi connectivity index (χ3v) is 4.20. The van der Waals surface area contributed by atoms with Crippen molar-refractivity contribution < 1.29 is 4.79 Å². The molecule has 0 aliphatic rings. The molecule has 0 fully saturated rings. The van der Waals surface area contributed by atoms with Gasteiger partial charge in [-0.15, -0.1) is 0 Å². The van der Waals surface area contributed by atoms with Gasteiger partial charge in [0.1, 0.15) is 0 Å². The molecular weight excluding hydrogens is 383 g/mol. The number of amides is 1. The topological polar surface area (TPSA) is 55.1 Å². The van der Waals surface area contributed by atoms with E-state index in [9.17, 15) is 4.79 Å². The molecule has 0 saturated carbocycles. The van der Waals surface area contributed by atoms with Crippen LogP contribution in [-0.2, 0) is 0 Å². The number of carbonyl (C=O) groups excluding carboxylic acids is 1. The molecule has 1 aromatic carbocycles. The highest BCUT2D eigenvalue weighted by Crippen LogP contribution is 2.19. The van der Waals surface area contributed by atoms with Gasteiger partial charge >= 0.3 is 0 Å². The van der Waals surface area contributed by atoms with E-state index in [1.807, 2.05) is 13.0 Å². The fourth-order valence-electron chi connectivity index (χ4n) is 1.45. The van der Waals surface area contributed by atoms with E-state index in [-0.39, 0.29) is 11.9 Å². The van der Waals surface area contributed by atoms with Crippen LogP contribution in [0.1, 0.15) is 30.1 Å². The van der Waals surface area contributed by atoms with Crippen molar-refractivity contribution in [2.24, 2.45) is 5.73 Å². The van der Waals surface area contributed by atoms with Crippen LogP contribution >= 0.6 is 46.4 Å². The van der Waals surface area contributed by atoms with Crippen LogP contribution in [0.25, 0.3) is 0 Å². The van der Waals surface area contributed by atoms with Gasteiger partial charge in [0.2, 0.25) is 0 Å². The summed E-state index contributed by atoms with van der Waals surface area (Å²) in [6, 6.07) is 5.18. The van der Waals surface area contributed by atoms with E-state index in [0.717, 1.165) is 9.99 Å². The van der Waals surface area contributed by atoms with Crippen LogP contribution in [0.3, 0.4) is 0 Å². The molecule has 6 heteroatoms. The number of rotatable bonds is 5. The summed E-state index contributed by atoms with van der Waals surface area (Å²) in [5.74, 6) is -0.156. The van der Waals surface area contributed by atoms with Gasteiger partial charge in [0, 0.05) is 21.6 Å². The minimum atomic E-state index is -0.156. The molecule has 1 aromatic rings. The summed E-state index contributed by atoms with van der Waals surface area (Å²) in [5.41, 5.74) is 6.03. The van der Waals surface area contributed by atoms with Crippen LogP contribution in [0.15, 0.2) is 18.2 Å². The monoisotopic (exact) mass is 396 g/mol. The number of hydrogen-bond acceptors (Lipinski definition) is 2. The molecule has 0 saturated heterocycles. The van der Waals surface area contributed by atoms with Gasteiger partial charge in [-0.1, -0.05) is 30.7 Å². The highest BCUT2D eigenvalue weighted by atomic mass is 127. The van der Waals surface area contributed by atoms with Gasteiger partial charge in [-0.3, -0.25) is 4.79 Å². The van der Waals surface area contributed by atoms with Gasteiger partial charge < -0.3 is 11.1 Å². The molecule has 0 radical (unpaired) electrons. The van der Waals surface area contributed by atoms with Crippen LogP contribution in [-0.4, -0.2) is 16.9 Å². The molecule has 0 aliphatic carbocycles. The first-order chi connectivity index (χ1) is 8.43. The molecule has 3 nitrogen and oxygen atoms in total. The Morgan fingerprint density at radius 1 is 1.61 bits per heavy atom. The molecule has 1 amide bonds. The maximum Gasteiger partial charge on any atom is 0.251 e. The number of halogens is 2. The van der Waals surface area contributed by atoms with E-state index < -0.39 is 0 Å². The molecule has 3 N–H and O–H groups in total. The number of nitrogens with two attached hydrogens (primary N) is 1. The minimum absolute atomic E-state index is 0.0342. The van der Waals surface area contributed by atoms with Crippen LogP contribution in [0.4, 0.5) is 0 Å². The highest BCUT2D eigenvalue weighted by Gasteiger charge is 2.13. The summed E-state index contributed by atoms with van der Waals surface area (Å²) >= 11 is 13.0. The lowest BCUT2D eigenvalue weighted by Crippen LogP contribution is -2.37. The lowest BCUT2D eigenvalue weighted by molar-refractivity contribution is 0.0937. The first-order valence-electron chi connectivity index (χ1n) is 5.48. The number of thiocarbonyl (C=S) groups is 1. The van der Waals surface area contributed by atoms with Crippen molar-refractivity contribution in [1.29, 1.82) is 0 Å². The summed E-state index contributed by atoms with van der Waals surface area (Å²) in [4.78, 5) is 12.4. The maximum absolute atomic E-state index is 12.0. The van der Waals surface area contributed by atoms with Gasteiger partial charge in [0.15, 0.2) is 0 Å². The van der Waals surface area contributed by atoms with Crippen LogP contribution in [0.5, 0.6) is 0 Å². The van der Waals surface area contributed by atoms with Crippen molar-refractivity contribution in [3.63, 3.8) is 0 Å². The Balaban J connectivity index is 2.74. The Morgan fingerprint density at radius 2 is 2.28 bits per heavy atom. The molecular formula is C12H14ClIN2OS. The van der Waals surface area contributed by atoms with E-state index in [4.69, 9.17) is 29.6 Å². The van der Waals surface area contributed by atoms with Gasteiger partial charge in [-0.2, -0.15) is 0 Å². The smallest absolute Gasteiger partial charge is 0.251 e. The summed E-state index contributed by atoms with van der Waals surface area (Å²) in [6.07, 6.45) is 1.29. The Kier molecular flexibility index (Phi) is 6.31. The second kappa shape index (κ2) is 7.25. The third kappa shape index (κ3) is 4.70. The van der Waals surface area contributed by atoms with Crippen molar-refractivity contribution in [3.05, 3.63) is 32.4 Å². The molecule has 18 heavy (non-hydrogen) atoms. The zero-order valence-electron chi connectivity index (χ0n) is 9.87. The number of benzene rings is 1. The van der Waals surface area contributed by atoms with Gasteiger partial charge in [0.05, 0.1) is 10.0 Å². The number of nitrogens with one attached hydrogen (secondary N) is 1. The quantitative estimate of drug-likeness (QED) is 0.594. The minimum Gasteiger partial charge on any atom is -0.393 e. The zero-order chi connectivity index (χ0) is 13.7. The Hall–Kier alpha value is -0.400. The molecule has 0 spiro atoms. The number of carbonyl (C=O) groups is 1. The van der Waals surface area contributed by atoms with Crippen molar-refractivity contribution in [2.45, 2.75) is 25.8 Å². The normalized spacial score (nSPS) is 11.9. The summed E-state index contributed by atoms with van der Waals surface area (Å²) in [7, 11) is 0. The fourth-order valence-corrected chi connectivity index (χ4v) is 2.16. The van der Waals surface area contributed by atoms with E-state index in [1.54, 1.807) is 12.1 Å². The molecule has 0 aliphatic heterocycles. The van der Waals surface area contributed by atoms with E-state index in [0.29, 0.717) is 22.0 Å². The molecule has 0 heterocycles. The Bertz CT molecular complexity index is 467. The van der Waals surface area contributed by atoms with Gasteiger partial charge in [-0.05, 0) is 47.2 Å². The van der Waals surface area contributed by atoms with Crippen molar-refractivity contribution in [1.82, 2.24) is 5.32 Å². The van der Waals surface area contributed by atoms with Crippen LogP contribution in [0, 0.1) is 3.57 Å². The summed E-state index contributed by atoms with van der Waals surface area (Å²) < 4.78 is 0.918. The average Bonchev–Trinajstić information content (AvgIpc) is 2.31. The maximum atomic E-state index is 12.0. The second-order valence-electron chi connectivity index (χ2n) is 3.88. The fraction of sp³-hybridized carbons (Fsp3) is 0.333. The van der Waals surface area contributed by atoms with Crippen LogP contribution in [0.2, 0.25) is 5.02 Å². The molecule has 1 unspecified atom stereocenters. The average molecular weight is 397 g/mol. The third-order valence-electron chi connectivity index (χ3n) is 2.46. The second-order valence-corrected chi connectivity index (χ2v) is 5.97. The molecule has 1 rings (SSSR count). The molecule has 1 atom stereocenters. The summed E-state index contributed by atoms with van der Waals surface area (Å²) in [5, 5.41) is 3.47. The zero-order valence-corrected chi connectivity index (χ0v) is 13.6. The van der Waals surface area contributed by atoms with E-state index in [1.165, 1.54) is 0 Å². The predicted octanol–water partition coefficient (Wildman–Crippen LogP) is 3.13. The number of hydrogen-bond donors (Lipinski definition) is 2. The SMILES string of the molecule is CCC(CC(N)=S)NC(=O)c1ccc(I)c(Cl)c1. The van der Waals surface area contributed by atoms with Crippen molar-refractivity contribution in [2.75, 3.05) is 0 Å². The first kappa shape index (κ1) is 15.7. The lowest BCUT2D eigenvalue weighted by atomic mass is 10.1. The van der Waals surface area contributed by atoms with Crippen molar-refractivity contribution >= 4 is 57.3 Å². The lowest BCUT2D eigenvalue weighted by Gasteiger charge is -2.16. The summed E-state index contributed by atoms with van der Waals surface area (Å²) in [6.45, 7) is 1.98. The Labute approximate surface area is 131 Å². The van der Waals surface area contributed by atoms with Crippen LogP contribution < -0.4 is 11.1 Å². The molecule has 0 bridgehead atoms. The largest absolute Gasteiger partial charge is 0.393 e. The van der Waals surface area contributed by atoms with Gasteiger partial charge in [0.25, 0.3) is 5.91 Å².